The highest BCUT2D eigenvalue weighted by molar-refractivity contribution is 5.77. The highest BCUT2D eigenvalue weighted by Gasteiger charge is 2.07. The van der Waals surface area contributed by atoms with Gasteiger partial charge in [0.2, 0.25) is 0 Å². The maximum atomic E-state index is 11.0. The van der Waals surface area contributed by atoms with Gasteiger partial charge in [-0.25, -0.2) is 0 Å². The lowest BCUT2D eigenvalue weighted by atomic mass is 10.2. The van der Waals surface area contributed by atoms with E-state index in [4.69, 9.17) is 9.47 Å². The molecule has 0 aliphatic carbocycles. The van der Waals surface area contributed by atoms with E-state index in [-0.39, 0.29) is 36.7 Å². The maximum Gasteiger partial charge on any atom is 0.306 e. The summed E-state index contributed by atoms with van der Waals surface area (Å²) in [5.74, 6) is -1.18. The summed E-state index contributed by atoms with van der Waals surface area (Å²) in [7, 11) is 0. The summed E-state index contributed by atoms with van der Waals surface area (Å²) in [5.41, 5.74) is 0. The molecular formula is C19H34O8. The minimum absolute atomic E-state index is 0.104. The summed E-state index contributed by atoms with van der Waals surface area (Å²) in [5, 5.41) is 0. The fourth-order valence-corrected chi connectivity index (χ4v) is 1.62. The van der Waals surface area contributed by atoms with Gasteiger partial charge in [-0.2, -0.15) is 0 Å². The van der Waals surface area contributed by atoms with Crippen LogP contribution in [0.4, 0.5) is 0 Å². The normalized spacial score (nSPS) is 9.48. The van der Waals surface area contributed by atoms with Gasteiger partial charge in [-0.3, -0.25) is 19.2 Å². The molecule has 0 spiro atoms. The zero-order chi connectivity index (χ0) is 20.9. The molecule has 0 aromatic rings. The second kappa shape index (κ2) is 20.2. The van der Waals surface area contributed by atoms with Gasteiger partial charge in [0.15, 0.2) is 0 Å². The smallest absolute Gasteiger partial charge is 0.306 e. The van der Waals surface area contributed by atoms with E-state index in [0.29, 0.717) is 45.7 Å². The third kappa shape index (κ3) is 21.8. The van der Waals surface area contributed by atoms with Crippen LogP contribution in [0.5, 0.6) is 0 Å². The molecule has 0 unspecified atom stereocenters. The van der Waals surface area contributed by atoms with Crippen molar-refractivity contribution in [3.63, 3.8) is 0 Å². The van der Waals surface area contributed by atoms with Gasteiger partial charge in [-0.05, 0) is 33.1 Å². The van der Waals surface area contributed by atoms with Crippen LogP contribution >= 0.6 is 0 Å². The van der Waals surface area contributed by atoms with E-state index in [0.717, 1.165) is 12.8 Å². The minimum atomic E-state index is -0.356. The van der Waals surface area contributed by atoms with E-state index in [2.05, 4.69) is 9.47 Å². The Kier molecular flexibility index (Phi) is 20.3. The Labute approximate surface area is 161 Å². The molecule has 0 aliphatic rings. The topological polar surface area (TPSA) is 105 Å². The van der Waals surface area contributed by atoms with Gasteiger partial charge < -0.3 is 18.9 Å². The van der Waals surface area contributed by atoms with Crippen LogP contribution in [0.3, 0.4) is 0 Å². The number of carbonyl (C=O) groups is 4. The zero-order valence-electron chi connectivity index (χ0n) is 17.0. The lowest BCUT2D eigenvalue weighted by molar-refractivity contribution is -0.149. The van der Waals surface area contributed by atoms with Crippen LogP contribution in [0.15, 0.2) is 0 Å². The lowest BCUT2D eigenvalue weighted by Gasteiger charge is -2.03. The van der Waals surface area contributed by atoms with E-state index in [1.165, 1.54) is 0 Å². The molecule has 0 heterocycles. The number of ether oxygens (including phenoxy) is 4. The number of hydrogen-bond acceptors (Lipinski definition) is 8. The average molecular weight is 390 g/mol. The van der Waals surface area contributed by atoms with Gasteiger partial charge in [0.1, 0.15) is 0 Å². The SMILES string of the molecule is CCCOC(=O)CCCC(=O)OCCC.CCOC(=O)CCC(=O)OCC. The fourth-order valence-electron chi connectivity index (χ4n) is 1.62. The van der Waals surface area contributed by atoms with E-state index >= 15 is 0 Å². The summed E-state index contributed by atoms with van der Waals surface area (Å²) >= 11 is 0. The zero-order valence-corrected chi connectivity index (χ0v) is 17.0. The Hall–Kier alpha value is -2.12. The molecule has 8 nitrogen and oxygen atoms in total. The van der Waals surface area contributed by atoms with Crippen molar-refractivity contribution < 1.29 is 38.1 Å². The number of esters is 4. The molecule has 0 amide bonds. The third-order valence-corrected chi connectivity index (χ3v) is 2.84. The molecule has 27 heavy (non-hydrogen) atoms. The van der Waals surface area contributed by atoms with Gasteiger partial charge in [-0.1, -0.05) is 13.8 Å². The van der Waals surface area contributed by atoms with Gasteiger partial charge in [-0.15, -0.1) is 0 Å². The van der Waals surface area contributed by atoms with E-state index in [1.54, 1.807) is 13.8 Å². The minimum Gasteiger partial charge on any atom is -0.466 e. The van der Waals surface area contributed by atoms with Crippen molar-refractivity contribution in [2.24, 2.45) is 0 Å². The first-order valence-electron chi connectivity index (χ1n) is 9.53. The summed E-state index contributed by atoms with van der Waals surface area (Å²) < 4.78 is 19.0. The van der Waals surface area contributed by atoms with Gasteiger partial charge in [0, 0.05) is 12.8 Å². The molecule has 0 aliphatic heterocycles. The highest BCUT2D eigenvalue weighted by Crippen LogP contribution is 2.00. The third-order valence-electron chi connectivity index (χ3n) is 2.84. The largest absolute Gasteiger partial charge is 0.466 e. The Bertz CT molecular complexity index is 382. The number of carbonyl (C=O) groups excluding carboxylic acids is 4. The van der Waals surface area contributed by atoms with Crippen LogP contribution < -0.4 is 0 Å². The number of hydrogen-bond donors (Lipinski definition) is 0. The lowest BCUT2D eigenvalue weighted by Crippen LogP contribution is -2.09. The maximum absolute atomic E-state index is 11.0. The van der Waals surface area contributed by atoms with Crippen molar-refractivity contribution in [1.82, 2.24) is 0 Å². The molecule has 0 bridgehead atoms. The first-order valence-corrected chi connectivity index (χ1v) is 9.53. The molecule has 0 aromatic heterocycles. The molecule has 0 saturated heterocycles. The summed E-state index contributed by atoms with van der Waals surface area (Å²) in [4.78, 5) is 43.5. The molecule has 0 fully saturated rings. The van der Waals surface area contributed by atoms with Crippen LogP contribution in [0.1, 0.15) is 72.6 Å². The van der Waals surface area contributed by atoms with Crippen molar-refractivity contribution in [3.8, 4) is 0 Å². The molecule has 0 radical (unpaired) electrons. The molecule has 158 valence electrons. The van der Waals surface area contributed by atoms with Crippen LogP contribution in [-0.2, 0) is 38.1 Å². The molecule has 0 N–H and O–H groups in total. The Morgan fingerprint density at radius 2 is 0.852 bits per heavy atom. The molecular weight excluding hydrogens is 356 g/mol. The van der Waals surface area contributed by atoms with Gasteiger partial charge in [0.05, 0.1) is 39.3 Å². The Morgan fingerprint density at radius 1 is 0.519 bits per heavy atom. The summed E-state index contributed by atoms with van der Waals surface area (Å²) in [6.07, 6.45) is 2.95. The Morgan fingerprint density at radius 3 is 1.15 bits per heavy atom. The molecule has 0 atom stereocenters. The van der Waals surface area contributed by atoms with E-state index < -0.39 is 0 Å². The molecule has 0 aromatic carbocycles. The first-order chi connectivity index (χ1) is 12.9. The standard InChI is InChI=1S/C11H20O4.C8H14O4/c1-3-8-14-10(12)6-5-7-11(13)15-9-4-2;1-3-11-7(9)5-6-8(10)12-4-2/h3-9H2,1-2H3;3-6H2,1-2H3. The molecule has 8 heteroatoms. The first kappa shape index (κ1) is 27.1. The summed E-state index contributed by atoms with van der Waals surface area (Å²) in [6, 6.07) is 0. The van der Waals surface area contributed by atoms with Gasteiger partial charge in [0.25, 0.3) is 0 Å². The van der Waals surface area contributed by atoms with Gasteiger partial charge >= 0.3 is 23.9 Å². The molecule has 0 saturated carbocycles. The summed E-state index contributed by atoms with van der Waals surface area (Å²) in [6.45, 7) is 8.94. The van der Waals surface area contributed by atoms with Crippen molar-refractivity contribution in [2.75, 3.05) is 26.4 Å². The monoisotopic (exact) mass is 390 g/mol. The van der Waals surface area contributed by atoms with E-state index in [9.17, 15) is 19.2 Å². The molecule has 0 rings (SSSR count). The van der Waals surface area contributed by atoms with E-state index in [1.807, 2.05) is 13.8 Å². The fraction of sp³-hybridized carbons (Fsp3) is 0.789. The predicted molar refractivity (Wildman–Crippen MR) is 98.9 cm³/mol. The van der Waals surface area contributed by atoms with Crippen molar-refractivity contribution >= 4 is 23.9 Å². The van der Waals surface area contributed by atoms with Crippen LogP contribution in [-0.4, -0.2) is 50.3 Å². The van der Waals surface area contributed by atoms with Crippen molar-refractivity contribution in [3.05, 3.63) is 0 Å². The second-order valence-corrected chi connectivity index (χ2v) is 5.40. The van der Waals surface area contributed by atoms with Crippen LogP contribution in [0, 0.1) is 0 Å². The predicted octanol–water partition coefficient (Wildman–Crippen LogP) is 2.96. The quantitative estimate of drug-likeness (QED) is 0.349. The second-order valence-electron chi connectivity index (χ2n) is 5.40. The van der Waals surface area contributed by atoms with Crippen LogP contribution in [0.2, 0.25) is 0 Å². The average Bonchev–Trinajstić information content (AvgIpc) is 2.64. The van der Waals surface area contributed by atoms with Crippen molar-refractivity contribution in [1.29, 1.82) is 0 Å². The van der Waals surface area contributed by atoms with Crippen molar-refractivity contribution in [2.45, 2.75) is 72.6 Å². The highest BCUT2D eigenvalue weighted by atomic mass is 16.5. The number of rotatable bonds is 13. The Balaban J connectivity index is 0. The van der Waals surface area contributed by atoms with Crippen LogP contribution in [0.25, 0.3) is 0 Å².